The molecule has 2 aliphatic rings. The molecule has 0 amide bonds. The number of aromatic nitrogens is 1. The van der Waals surface area contributed by atoms with Gasteiger partial charge >= 0.3 is 0 Å². The maximum atomic E-state index is 6.07. The van der Waals surface area contributed by atoms with E-state index < -0.39 is 0 Å². The van der Waals surface area contributed by atoms with Crippen LogP contribution in [0.5, 0.6) is 0 Å². The molecule has 3 heterocycles. The molecule has 21 heavy (non-hydrogen) atoms. The van der Waals surface area contributed by atoms with Crippen molar-refractivity contribution in [3.8, 4) is 0 Å². The summed E-state index contributed by atoms with van der Waals surface area (Å²) in [7, 11) is 0. The zero-order chi connectivity index (χ0) is 14.3. The van der Waals surface area contributed by atoms with E-state index in [1.165, 1.54) is 5.69 Å². The number of halogens is 1. The highest BCUT2D eigenvalue weighted by molar-refractivity contribution is 6.31. The zero-order valence-corrected chi connectivity index (χ0v) is 12.5. The summed E-state index contributed by atoms with van der Waals surface area (Å²) in [6.45, 7) is 3.98. The van der Waals surface area contributed by atoms with E-state index in [0.29, 0.717) is 6.61 Å². The molecule has 1 spiro atoms. The van der Waals surface area contributed by atoms with Crippen LogP contribution in [0, 0.1) is 0 Å². The Hall–Kier alpha value is -1.36. The lowest BCUT2D eigenvalue weighted by Crippen LogP contribution is -2.52. The van der Waals surface area contributed by atoms with Gasteiger partial charge in [-0.2, -0.15) is 0 Å². The summed E-state index contributed by atoms with van der Waals surface area (Å²) < 4.78 is 11.5. The number of morpholine rings is 1. The van der Waals surface area contributed by atoms with Gasteiger partial charge in [0.25, 0.3) is 0 Å². The first-order chi connectivity index (χ1) is 10.3. The van der Waals surface area contributed by atoms with Gasteiger partial charge in [-0.3, -0.25) is 4.98 Å². The summed E-state index contributed by atoms with van der Waals surface area (Å²) in [5, 5.41) is 1.85. The van der Waals surface area contributed by atoms with Crippen LogP contribution in [-0.2, 0) is 9.47 Å². The van der Waals surface area contributed by atoms with Crippen molar-refractivity contribution < 1.29 is 9.47 Å². The average molecular weight is 305 g/mol. The highest BCUT2D eigenvalue weighted by atomic mass is 35.5. The molecule has 110 valence electrons. The molecular weight excluding hydrogens is 288 g/mol. The molecular formula is C16H17ClN2O2. The number of benzene rings is 1. The molecule has 2 fully saturated rings. The van der Waals surface area contributed by atoms with Crippen molar-refractivity contribution in [3.05, 3.63) is 35.5 Å². The summed E-state index contributed by atoms with van der Waals surface area (Å²) in [4.78, 5) is 6.80. The molecule has 0 bridgehead atoms. The van der Waals surface area contributed by atoms with E-state index in [2.05, 4.69) is 16.0 Å². The van der Waals surface area contributed by atoms with Crippen molar-refractivity contribution in [2.24, 2.45) is 0 Å². The van der Waals surface area contributed by atoms with Gasteiger partial charge in [-0.1, -0.05) is 11.6 Å². The van der Waals surface area contributed by atoms with Crippen LogP contribution in [0.25, 0.3) is 10.9 Å². The fourth-order valence-electron chi connectivity index (χ4n) is 3.26. The Bertz CT molecular complexity index is 670. The smallest absolute Gasteiger partial charge is 0.111 e. The van der Waals surface area contributed by atoms with E-state index in [9.17, 15) is 0 Å². The number of ether oxygens (including phenoxy) is 2. The van der Waals surface area contributed by atoms with Crippen LogP contribution in [0.4, 0.5) is 5.69 Å². The average Bonchev–Trinajstić information content (AvgIpc) is 2.94. The largest absolute Gasteiger partial charge is 0.378 e. The third-order valence-corrected chi connectivity index (χ3v) is 4.57. The summed E-state index contributed by atoms with van der Waals surface area (Å²) in [6.07, 6.45) is 2.82. The lowest BCUT2D eigenvalue weighted by molar-refractivity contribution is -0.0578. The predicted molar refractivity (Wildman–Crippen MR) is 83.1 cm³/mol. The van der Waals surface area contributed by atoms with Crippen molar-refractivity contribution >= 4 is 28.2 Å². The van der Waals surface area contributed by atoms with Crippen molar-refractivity contribution in [1.29, 1.82) is 0 Å². The first-order valence-corrected chi connectivity index (χ1v) is 7.65. The number of hydrogen-bond donors (Lipinski definition) is 0. The van der Waals surface area contributed by atoms with Crippen LogP contribution >= 0.6 is 11.6 Å². The number of anilines is 1. The van der Waals surface area contributed by atoms with Crippen LogP contribution in [0.1, 0.15) is 6.42 Å². The van der Waals surface area contributed by atoms with Gasteiger partial charge in [-0.15, -0.1) is 0 Å². The van der Waals surface area contributed by atoms with Crippen molar-refractivity contribution in [3.63, 3.8) is 0 Å². The fourth-order valence-corrected chi connectivity index (χ4v) is 3.43. The summed E-state index contributed by atoms with van der Waals surface area (Å²) in [6, 6.07) is 7.96. The molecule has 2 saturated heterocycles. The van der Waals surface area contributed by atoms with E-state index in [1.807, 2.05) is 24.4 Å². The van der Waals surface area contributed by atoms with Gasteiger partial charge in [0.05, 0.1) is 18.7 Å². The van der Waals surface area contributed by atoms with Crippen LogP contribution in [0.3, 0.4) is 0 Å². The predicted octanol–water partition coefficient (Wildman–Crippen LogP) is 2.88. The minimum atomic E-state index is -0.139. The lowest BCUT2D eigenvalue weighted by Gasteiger charge is -2.41. The summed E-state index contributed by atoms with van der Waals surface area (Å²) in [5.74, 6) is 0. The Kier molecular flexibility index (Phi) is 3.25. The van der Waals surface area contributed by atoms with Crippen molar-refractivity contribution in [2.75, 3.05) is 37.8 Å². The maximum Gasteiger partial charge on any atom is 0.111 e. The molecule has 0 aliphatic carbocycles. The Balaban J connectivity index is 1.72. The van der Waals surface area contributed by atoms with Gasteiger partial charge in [0.2, 0.25) is 0 Å². The lowest BCUT2D eigenvalue weighted by atomic mass is 10.00. The second kappa shape index (κ2) is 5.13. The summed E-state index contributed by atoms with van der Waals surface area (Å²) >= 11 is 6.07. The van der Waals surface area contributed by atoms with E-state index in [4.69, 9.17) is 21.1 Å². The molecule has 0 saturated carbocycles. The molecule has 4 rings (SSSR count). The van der Waals surface area contributed by atoms with Gasteiger partial charge in [0.15, 0.2) is 0 Å². The van der Waals surface area contributed by atoms with E-state index in [0.717, 1.165) is 48.6 Å². The third-order valence-electron chi connectivity index (χ3n) is 4.34. The number of rotatable bonds is 1. The molecule has 4 nitrogen and oxygen atoms in total. The number of nitrogens with zero attached hydrogens (tertiary/aromatic N) is 2. The van der Waals surface area contributed by atoms with E-state index in [-0.39, 0.29) is 5.60 Å². The molecule has 1 atom stereocenters. The number of pyridine rings is 1. The molecule has 1 unspecified atom stereocenters. The molecule has 1 aromatic carbocycles. The first kappa shape index (κ1) is 13.3. The SMILES string of the molecule is Clc1ccc2c(N3CCOC4(CCOC4)C3)ccnc2c1. The molecule has 1 aromatic heterocycles. The minimum Gasteiger partial charge on any atom is -0.378 e. The van der Waals surface area contributed by atoms with Crippen LogP contribution < -0.4 is 4.90 Å². The van der Waals surface area contributed by atoms with Crippen LogP contribution in [-0.4, -0.2) is 43.5 Å². The Morgan fingerprint density at radius 3 is 3.05 bits per heavy atom. The van der Waals surface area contributed by atoms with Crippen molar-refractivity contribution in [1.82, 2.24) is 4.98 Å². The molecule has 0 N–H and O–H groups in total. The van der Waals surface area contributed by atoms with E-state index >= 15 is 0 Å². The fraction of sp³-hybridized carbons (Fsp3) is 0.438. The Labute approximate surface area is 128 Å². The first-order valence-electron chi connectivity index (χ1n) is 7.27. The van der Waals surface area contributed by atoms with Crippen molar-refractivity contribution in [2.45, 2.75) is 12.0 Å². The highest BCUT2D eigenvalue weighted by Crippen LogP contribution is 2.33. The maximum absolute atomic E-state index is 6.07. The Morgan fingerprint density at radius 2 is 2.19 bits per heavy atom. The normalized spacial score (nSPS) is 25.9. The summed E-state index contributed by atoms with van der Waals surface area (Å²) in [5.41, 5.74) is 2.00. The number of hydrogen-bond acceptors (Lipinski definition) is 4. The zero-order valence-electron chi connectivity index (χ0n) is 11.7. The van der Waals surface area contributed by atoms with Crippen LogP contribution in [0.2, 0.25) is 5.02 Å². The molecule has 2 aliphatic heterocycles. The second-order valence-corrected chi connectivity index (χ2v) is 6.18. The quantitative estimate of drug-likeness (QED) is 0.811. The molecule has 2 aromatic rings. The Morgan fingerprint density at radius 1 is 1.24 bits per heavy atom. The second-order valence-electron chi connectivity index (χ2n) is 5.75. The number of fused-ring (bicyclic) bond motifs is 1. The van der Waals surface area contributed by atoms with Gasteiger partial charge in [-0.05, 0) is 24.3 Å². The minimum absolute atomic E-state index is 0.139. The van der Waals surface area contributed by atoms with Crippen LogP contribution in [0.15, 0.2) is 30.5 Å². The third kappa shape index (κ3) is 2.37. The van der Waals surface area contributed by atoms with Gasteiger partial charge in [-0.25, -0.2) is 0 Å². The van der Waals surface area contributed by atoms with Gasteiger partial charge in [0, 0.05) is 48.4 Å². The molecule has 0 radical (unpaired) electrons. The van der Waals surface area contributed by atoms with E-state index in [1.54, 1.807) is 0 Å². The standard InChI is InChI=1S/C16H17ClN2O2/c17-12-1-2-13-14(9-12)18-5-3-15(13)19-6-8-21-16(10-19)4-7-20-11-16/h1-3,5,9H,4,6-8,10-11H2. The highest BCUT2D eigenvalue weighted by Gasteiger charge is 2.40. The van der Waals surface area contributed by atoms with Gasteiger partial charge < -0.3 is 14.4 Å². The van der Waals surface area contributed by atoms with Gasteiger partial charge in [0.1, 0.15) is 5.60 Å². The monoisotopic (exact) mass is 304 g/mol. The topological polar surface area (TPSA) is 34.6 Å². The molecule has 5 heteroatoms.